The van der Waals surface area contributed by atoms with Crippen molar-refractivity contribution in [3.63, 3.8) is 0 Å². The van der Waals surface area contributed by atoms with Gasteiger partial charge in [-0.25, -0.2) is 0 Å². The minimum absolute atomic E-state index is 0.00664. The lowest BCUT2D eigenvalue weighted by molar-refractivity contribution is 0.102. The van der Waals surface area contributed by atoms with Gasteiger partial charge in [0.25, 0.3) is 5.91 Å². The molecule has 0 aliphatic rings. The van der Waals surface area contributed by atoms with Gasteiger partial charge in [0.05, 0.1) is 22.9 Å². The highest BCUT2D eigenvalue weighted by molar-refractivity contribution is 7.16. The van der Waals surface area contributed by atoms with Gasteiger partial charge in [0.2, 0.25) is 0 Å². The Kier molecular flexibility index (Phi) is 4.41. The van der Waals surface area contributed by atoms with Crippen LogP contribution in [0.25, 0.3) is 21.0 Å². The Hall–Kier alpha value is -3.12. The Labute approximate surface area is 159 Å². The van der Waals surface area contributed by atoms with Crippen molar-refractivity contribution < 1.29 is 9.53 Å². The van der Waals surface area contributed by atoms with Crippen LogP contribution in [-0.2, 0) is 6.54 Å². The van der Waals surface area contributed by atoms with E-state index in [1.165, 1.54) is 11.3 Å². The van der Waals surface area contributed by atoms with E-state index in [-0.39, 0.29) is 10.8 Å². The fourth-order valence-corrected chi connectivity index (χ4v) is 4.20. The second-order valence-electron chi connectivity index (χ2n) is 6.15. The molecule has 0 saturated heterocycles. The van der Waals surface area contributed by atoms with Gasteiger partial charge in [-0.05, 0) is 48.0 Å². The number of aromatic nitrogens is 1. The number of ether oxygens (including phenoxy) is 1. The fourth-order valence-electron chi connectivity index (χ4n) is 3.21. The molecule has 4 aromatic rings. The zero-order chi connectivity index (χ0) is 19.0. The molecule has 136 valence electrons. The van der Waals surface area contributed by atoms with Crippen LogP contribution in [0.5, 0.6) is 5.75 Å². The second-order valence-corrected chi connectivity index (χ2v) is 7.14. The van der Waals surface area contributed by atoms with E-state index in [2.05, 4.69) is 5.32 Å². The predicted octanol–water partition coefficient (Wildman–Crippen LogP) is 4.50. The minimum Gasteiger partial charge on any atom is -0.496 e. The number of aryl methyl sites for hydroxylation is 1. The molecule has 1 amide bonds. The highest BCUT2D eigenvalue weighted by Crippen LogP contribution is 2.28. The number of carbonyl (C=O) groups is 1. The van der Waals surface area contributed by atoms with Gasteiger partial charge < -0.3 is 10.1 Å². The number of anilines is 1. The normalized spacial score (nSPS) is 11.0. The van der Waals surface area contributed by atoms with Crippen LogP contribution in [0.2, 0.25) is 0 Å². The number of methoxy groups -OCH3 is 1. The van der Waals surface area contributed by atoms with Gasteiger partial charge in [-0.15, -0.1) is 0 Å². The molecule has 0 atom stereocenters. The molecule has 0 fully saturated rings. The summed E-state index contributed by atoms with van der Waals surface area (Å²) in [5.41, 5.74) is 2.00. The van der Waals surface area contributed by atoms with Gasteiger partial charge in [-0.1, -0.05) is 35.6 Å². The average Bonchev–Trinajstić information content (AvgIpc) is 3.00. The number of hydrogen-bond donors (Lipinski definition) is 1. The Morgan fingerprint density at radius 3 is 2.56 bits per heavy atom. The summed E-state index contributed by atoms with van der Waals surface area (Å²) in [6.45, 7) is 2.56. The van der Waals surface area contributed by atoms with Crippen LogP contribution in [0.4, 0.5) is 5.69 Å². The van der Waals surface area contributed by atoms with Gasteiger partial charge in [0.1, 0.15) is 5.75 Å². The van der Waals surface area contributed by atoms with E-state index in [9.17, 15) is 9.59 Å². The summed E-state index contributed by atoms with van der Waals surface area (Å²) >= 11 is 1.18. The molecule has 3 aromatic carbocycles. The van der Waals surface area contributed by atoms with Gasteiger partial charge in [0, 0.05) is 12.2 Å². The van der Waals surface area contributed by atoms with E-state index < -0.39 is 0 Å². The number of hydrogen-bond acceptors (Lipinski definition) is 4. The first-order valence-electron chi connectivity index (χ1n) is 8.62. The molecular weight excluding hydrogens is 360 g/mol. The number of amides is 1. The van der Waals surface area contributed by atoms with Crippen LogP contribution in [0.1, 0.15) is 17.3 Å². The van der Waals surface area contributed by atoms with Crippen molar-refractivity contribution in [3.05, 3.63) is 69.8 Å². The SMILES string of the molecule is CCn1c(=O)sc2cc(NC(=O)c3cc4ccccc4cc3OC)ccc21. The van der Waals surface area contributed by atoms with Crippen molar-refractivity contribution in [1.29, 1.82) is 0 Å². The summed E-state index contributed by atoms with van der Waals surface area (Å²) in [5.74, 6) is 0.272. The highest BCUT2D eigenvalue weighted by atomic mass is 32.1. The van der Waals surface area contributed by atoms with E-state index in [1.54, 1.807) is 11.7 Å². The molecule has 0 aliphatic heterocycles. The zero-order valence-corrected chi connectivity index (χ0v) is 15.8. The standard InChI is InChI=1S/C21H18N2O3S/c1-3-23-17-9-8-15(12-19(17)27-21(23)25)22-20(24)16-10-13-6-4-5-7-14(13)11-18(16)26-2/h4-12H,3H2,1-2H3,(H,22,24). The fraction of sp³-hybridized carbons (Fsp3) is 0.143. The molecule has 5 nitrogen and oxygen atoms in total. The Balaban J connectivity index is 1.70. The van der Waals surface area contributed by atoms with E-state index in [1.807, 2.05) is 61.5 Å². The number of fused-ring (bicyclic) bond motifs is 2. The highest BCUT2D eigenvalue weighted by Gasteiger charge is 2.15. The van der Waals surface area contributed by atoms with Crippen LogP contribution >= 0.6 is 11.3 Å². The molecule has 0 radical (unpaired) electrons. The maximum atomic E-state index is 12.8. The summed E-state index contributed by atoms with van der Waals surface area (Å²) in [5, 5.41) is 4.89. The van der Waals surface area contributed by atoms with Crippen molar-refractivity contribution in [2.75, 3.05) is 12.4 Å². The Bertz CT molecular complexity index is 1220. The lowest BCUT2D eigenvalue weighted by Crippen LogP contribution is -2.13. The van der Waals surface area contributed by atoms with E-state index in [0.29, 0.717) is 23.5 Å². The van der Waals surface area contributed by atoms with Crippen molar-refractivity contribution in [2.45, 2.75) is 13.5 Å². The number of benzene rings is 3. The number of thiazole rings is 1. The van der Waals surface area contributed by atoms with Crippen molar-refractivity contribution in [3.8, 4) is 5.75 Å². The van der Waals surface area contributed by atoms with Crippen molar-refractivity contribution in [1.82, 2.24) is 4.57 Å². The summed E-state index contributed by atoms with van der Waals surface area (Å²) in [4.78, 5) is 24.9. The van der Waals surface area contributed by atoms with Crippen LogP contribution < -0.4 is 14.9 Å². The van der Waals surface area contributed by atoms with Crippen molar-refractivity contribution in [2.24, 2.45) is 0 Å². The van der Waals surface area contributed by atoms with Crippen LogP contribution in [0.15, 0.2) is 59.4 Å². The van der Waals surface area contributed by atoms with E-state index >= 15 is 0 Å². The summed E-state index contributed by atoms with van der Waals surface area (Å²) < 4.78 is 7.98. The Morgan fingerprint density at radius 1 is 1.11 bits per heavy atom. The second kappa shape index (κ2) is 6.89. The maximum absolute atomic E-state index is 12.8. The van der Waals surface area contributed by atoms with Gasteiger partial charge in [-0.3, -0.25) is 14.2 Å². The molecule has 1 N–H and O–H groups in total. The molecule has 0 spiro atoms. The van der Waals surface area contributed by atoms with Crippen LogP contribution in [-0.4, -0.2) is 17.6 Å². The van der Waals surface area contributed by atoms with Gasteiger partial charge >= 0.3 is 4.87 Å². The predicted molar refractivity (Wildman–Crippen MR) is 110 cm³/mol. The largest absolute Gasteiger partial charge is 0.496 e. The van der Waals surface area contributed by atoms with Gasteiger partial charge in [-0.2, -0.15) is 0 Å². The van der Waals surface area contributed by atoms with E-state index in [0.717, 1.165) is 21.0 Å². The summed E-state index contributed by atoms with van der Waals surface area (Å²) in [6.07, 6.45) is 0. The minimum atomic E-state index is -0.251. The number of nitrogens with zero attached hydrogens (tertiary/aromatic N) is 1. The maximum Gasteiger partial charge on any atom is 0.308 e. The number of carbonyl (C=O) groups excluding carboxylic acids is 1. The monoisotopic (exact) mass is 378 g/mol. The molecule has 0 saturated carbocycles. The first kappa shape index (κ1) is 17.3. The molecule has 1 aromatic heterocycles. The topological polar surface area (TPSA) is 60.3 Å². The lowest BCUT2D eigenvalue weighted by Gasteiger charge is -2.11. The smallest absolute Gasteiger partial charge is 0.308 e. The molecule has 1 heterocycles. The number of rotatable bonds is 4. The van der Waals surface area contributed by atoms with Crippen LogP contribution in [0.3, 0.4) is 0 Å². The quantitative estimate of drug-likeness (QED) is 0.569. The molecular formula is C21H18N2O3S. The van der Waals surface area contributed by atoms with Crippen LogP contribution in [0, 0.1) is 0 Å². The molecule has 0 bridgehead atoms. The average molecular weight is 378 g/mol. The first-order valence-corrected chi connectivity index (χ1v) is 9.44. The summed E-state index contributed by atoms with van der Waals surface area (Å²) in [6, 6.07) is 17.0. The Morgan fingerprint density at radius 2 is 1.85 bits per heavy atom. The molecule has 6 heteroatoms. The lowest BCUT2D eigenvalue weighted by atomic mass is 10.1. The number of nitrogens with one attached hydrogen (secondary N) is 1. The first-order chi connectivity index (χ1) is 13.1. The molecule has 27 heavy (non-hydrogen) atoms. The van der Waals surface area contributed by atoms with E-state index in [4.69, 9.17) is 4.74 Å². The third-order valence-electron chi connectivity index (χ3n) is 4.55. The molecule has 4 rings (SSSR count). The third kappa shape index (κ3) is 3.08. The zero-order valence-electron chi connectivity index (χ0n) is 15.0. The third-order valence-corrected chi connectivity index (χ3v) is 5.50. The van der Waals surface area contributed by atoms with Gasteiger partial charge in [0.15, 0.2) is 0 Å². The van der Waals surface area contributed by atoms with Crippen molar-refractivity contribution >= 4 is 43.9 Å². The molecule has 0 aliphatic carbocycles. The molecule has 0 unspecified atom stereocenters. The summed E-state index contributed by atoms with van der Waals surface area (Å²) in [7, 11) is 1.55.